The number of amides is 1. The molecule has 0 aromatic carbocycles. The lowest BCUT2D eigenvalue weighted by Gasteiger charge is -2.27. The molecule has 0 saturated carbocycles. The molecule has 1 atom stereocenters. The molecule has 18 heavy (non-hydrogen) atoms. The van der Waals surface area contributed by atoms with E-state index in [2.05, 4.69) is 21.8 Å². The van der Waals surface area contributed by atoms with E-state index >= 15 is 0 Å². The summed E-state index contributed by atoms with van der Waals surface area (Å²) in [4.78, 5) is 11.8. The van der Waals surface area contributed by atoms with Crippen LogP contribution in [0.5, 0.6) is 0 Å². The number of carbonyl (C=O) groups excluding carboxylic acids is 1. The minimum absolute atomic E-state index is 0.149. The normalized spacial score (nSPS) is 25.8. The third-order valence-electron chi connectivity index (χ3n) is 3.03. The molecule has 0 aromatic rings. The summed E-state index contributed by atoms with van der Waals surface area (Å²) in [7, 11) is 0. The van der Waals surface area contributed by atoms with E-state index in [0.29, 0.717) is 11.6 Å². The molecule has 1 amide bonds. The highest BCUT2D eigenvalue weighted by Crippen LogP contribution is 2.19. The number of hydrazone groups is 1. The van der Waals surface area contributed by atoms with Crippen molar-refractivity contribution in [2.45, 2.75) is 19.1 Å². The molecule has 2 aliphatic heterocycles. The summed E-state index contributed by atoms with van der Waals surface area (Å²) < 4.78 is 0. The van der Waals surface area contributed by atoms with Gasteiger partial charge in [-0.05, 0) is 18.4 Å². The van der Waals surface area contributed by atoms with Gasteiger partial charge in [-0.1, -0.05) is 18.2 Å². The molecule has 2 N–H and O–H groups in total. The number of amidine groups is 1. The standard InChI is InChI=1S/C12H13ClN4O/c13-7-9-6-10(18)17-12(14-9)15-11(16-17)8-4-2-1-3-5-8/h1-2,4,6,12,14H,3,5,7H2,(H,15,16). The summed E-state index contributed by atoms with van der Waals surface area (Å²) in [5.74, 6) is 0.900. The zero-order valence-corrected chi connectivity index (χ0v) is 10.4. The monoisotopic (exact) mass is 264 g/mol. The van der Waals surface area contributed by atoms with Crippen LogP contribution in [-0.2, 0) is 4.79 Å². The second-order valence-corrected chi connectivity index (χ2v) is 4.55. The first-order chi connectivity index (χ1) is 8.78. The zero-order valence-electron chi connectivity index (χ0n) is 9.69. The van der Waals surface area contributed by atoms with Crippen LogP contribution >= 0.6 is 11.6 Å². The van der Waals surface area contributed by atoms with Crippen LogP contribution < -0.4 is 10.6 Å². The molecule has 2 heterocycles. The van der Waals surface area contributed by atoms with E-state index in [1.165, 1.54) is 11.1 Å². The van der Waals surface area contributed by atoms with Gasteiger partial charge in [-0.15, -0.1) is 16.7 Å². The summed E-state index contributed by atoms with van der Waals surface area (Å²) in [6.07, 6.45) is 9.25. The van der Waals surface area contributed by atoms with Crippen molar-refractivity contribution in [3.63, 3.8) is 0 Å². The molecular formula is C12H13ClN4O. The van der Waals surface area contributed by atoms with Crippen molar-refractivity contribution in [1.29, 1.82) is 0 Å². The molecule has 1 unspecified atom stereocenters. The molecule has 0 spiro atoms. The number of fused-ring (bicyclic) bond motifs is 1. The highest BCUT2D eigenvalue weighted by molar-refractivity contribution is 6.19. The van der Waals surface area contributed by atoms with E-state index in [-0.39, 0.29) is 12.2 Å². The van der Waals surface area contributed by atoms with Gasteiger partial charge in [0.1, 0.15) is 0 Å². The molecule has 94 valence electrons. The van der Waals surface area contributed by atoms with Gasteiger partial charge in [0.05, 0.1) is 5.88 Å². The number of nitrogens with zero attached hydrogens (tertiary/aromatic N) is 2. The zero-order chi connectivity index (χ0) is 12.5. The maximum Gasteiger partial charge on any atom is 0.272 e. The Morgan fingerprint density at radius 1 is 1.50 bits per heavy atom. The fourth-order valence-corrected chi connectivity index (χ4v) is 2.28. The van der Waals surface area contributed by atoms with Crippen LogP contribution in [0.2, 0.25) is 0 Å². The van der Waals surface area contributed by atoms with E-state index in [1.807, 2.05) is 12.2 Å². The Balaban J connectivity index is 1.81. The quantitative estimate of drug-likeness (QED) is 0.732. The third-order valence-corrected chi connectivity index (χ3v) is 3.32. The molecule has 0 aromatic heterocycles. The second-order valence-electron chi connectivity index (χ2n) is 4.28. The smallest absolute Gasteiger partial charge is 0.272 e. The summed E-state index contributed by atoms with van der Waals surface area (Å²) in [5, 5.41) is 12.1. The van der Waals surface area contributed by atoms with Crippen LogP contribution in [0.3, 0.4) is 0 Å². The Morgan fingerprint density at radius 2 is 2.39 bits per heavy atom. The van der Waals surface area contributed by atoms with Crippen LogP contribution in [0, 0.1) is 0 Å². The first-order valence-corrected chi connectivity index (χ1v) is 6.39. The van der Waals surface area contributed by atoms with Gasteiger partial charge in [-0.3, -0.25) is 4.79 Å². The van der Waals surface area contributed by atoms with Crippen molar-refractivity contribution in [3.05, 3.63) is 35.6 Å². The van der Waals surface area contributed by atoms with E-state index < -0.39 is 0 Å². The number of rotatable bonds is 2. The maximum atomic E-state index is 11.8. The van der Waals surface area contributed by atoms with Gasteiger partial charge in [-0.2, -0.15) is 5.01 Å². The number of nitrogens with one attached hydrogen (secondary N) is 2. The lowest BCUT2D eigenvalue weighted by molar-refractivity contribution is -0.129. The predicted molar refractivity (Wildman–Crippen MR) is 69.6 cm³/mol. The lowest BCUT2D eigenvalue weighted by Crippen LogP contribution is -2.53. The minimum atomic E-state index is -0.321. The van der Waals surface area contributed by atoms with Gasteiger partial charge >= 0.3 is 0 Å². The average Bonchev–Trinajstić information content (AvgIpc) is 2.84. The van der Waals surface area contributed by atoms with Crippen LogP contribution in [0.4, 0.5) is 0 Å². The van der Waals surface area contributed by atoms with Gasteiger partial charge in [0.2, 0.25) is 6.29 Å². The Bertz CT molecular complexity index is 506. The first-order valence-electron chi connectivity index (χ1n) is 5.85. The van der Waals surface area contributed by atoms with Crippen molar-refractivity contribution in [3.8, 4) is 0 Å². The fourth-order valence-electron chi connectivity index (χ4n) is 2.13. The highest BCUT2D eigenvalue weighted by Gasteiger charge is 2.34. The van der Waals surface area contributed by atoms with E-state index in [0.717, 1.165) is 24.3 Å². The molecule has 0 bridgehead atoms. The lowest BCUT2D eigenvalue weighted by atomic mass is 10.0. The Labute approximate surface area is 110 Å². The molecule has 0 fully saturated rings. The number of allylic oxidation sites excluding steroid dienone is 4. The van der Waals surface area contributed by atoms with Gasteiger partial charge in [0.15, 0.2) is 5.84 Å². The van der Waals surface area contributed by atoms with Crippen molar-refractivity contribution < 1.29 is 4.79 Å². The Kier molecular flexibility index (Phi) is 2.83. The van der Waals surface area contributed by atoms with Crippen LogP contribution in [0.1, 0.15) is 12.8 Å². The van der Waals surface area contributed by atoms with Crippen molar-refractivity contribution in [2.24, 2.45) is 5.10 Å². The summed E-state index contributed by atoms with van der Waals surface area (Å²) >= 11 is 5.73. The van der Waals surface area contributed by atoms with Gasteiger partial charge in [0.25, 0.3) is 5.91 Å². The first kappa shape index (κ1) is 11.3. The number of halogens is 1. The van der Waals surface area contributed by atoms with Gasteiger partial charge in [0, 0.05) is 11.8 Å². The van der Waals surface area contributed by atoms with Crippen LogP contribution in [0.15, 0.2) is 40.7 Å². The maximum absolute atomic E-state index is 11.8. The summed E-state index contributed by atoms with van der Waals surface area (Å²) in [6.45, 7) is 0. The molecule has 0 radical (unpaired) electrons. The minimum Gasteiger partial charge on any atom is -0.349 e. The van der Waals surface area contributed by atoms with Gasteiger partial charge in [-0.25, -0.2) is 0 Å². The van der Waals surface area contributed by atoms with E-state index in [9.17, 15) is 4.79 Å². The SMILES string of the molecule is O=C1C=C(CCl)NC2NC(C3=CC=CCC3)=NN12. The van der Waals surface area contributed by atoms with Crippen LogP contribution in [-0.4, -0.2) is 28.9 Å². The number of carbonyl (C=O) groups is 1. The molecule has 6 heteroatoms. The van der Waals surface area contributed by atoms with Crippen LogP contribution in [0.25, 0.3) is 0 Å². The van der Waals surface area contributed by atoms with Crippen molar-refractivity contribution in [1.82, 2.24) is 15.6 Å². The Morgan fingerprint density at radius 3 is 3.11 bits per heavy atom. The topological polar surface area (TPSA) is 56.7 Å². The van der Waals surface area contributed by atoms with Crippen molar-refractivity contribution in [2.75, 3.05) is 5.88 Å². The highest BCUT2D eigenvalue weighted by atomic mass is 35.5. The molecular weight excluding hydrogens is 252 g/mol. The van der Waals surface area contributed by atoms with E-state index in [1.54, 1.807) is 0 Å². The summed E-state index contributed by atoms with van der Waals surface area (Å²) in [6, 6.07) is 0. The predicted octanol–water partition coefficient (Wildman–Crippen LogP) is 1.02. The number of hydrogen-bond donors (Lipinski definition) is 2. The number of alkyl halides is 1. The largest absolute Gasteiger partial charge is 0.349 e. The second kappa shape index (κ2) is 4.49. The van der Waals surface area contributed by atoms with E-state index in [4.69, 9.17) is 11.6 Å². The average molecular weight is 265 g/mol. The molecule has 3 rings (SSSR count). The number of hydrogen-bond acceptors (Lipinski definition) is 4. The molecule has 3 aliphatic rings. The summed E-state index contributed by atoms with van der Waals surface area (Å²) in [5.41, 5.74) is 1.83. The molecule has 5 nitrogen and oxygen atoms in total. The van der Waals surface area contributed by atoms with Crippen molar-refractivity contribution >= 4 is 23.3 Å². The Hall–Kier alpha value is -1.75. The molecule has 0 saturated heterocycles. The fraction of sp³-hybridized carbons (Fsp3) is 0.333. The molecule has 1 aliphatic carbocycles. The van der Waals surface area contributed by atoms with Gasteiger partial charge < -0.3 is 10.6 Å². The third kappa shape index (κ3) is 1.90.